The molecular formula is C15H13NO2S. The zero-order chi connectivity index (χ0) is 13.4. The smallest absolute Gasteiger partial charge is 0.160 e. The van der Waals surface area contributed by atoms with Crippen LogP contribution in [-0.4, -0.2) is 17.2 Å². The largest absolute Gasteiger partial charge is 0.504 e. The van der Waals surface area contributed by atoms with Crippen molar-refractivity contribution < 1.29 is 9.84 Å². The van der Waals surface area contributed by atoms with E-state index in [9.17, 15) is 5.11 Å². The predicted octanol–water partition coefficient (Wildman–Crippen LogP) is 3.99. The molecule has 0 amide bonds. The molecule has 0 saturated heterocycles. The summed E-state index contributed by atoms with van der Waals surface area (Å²) in [7, 11) is 1.54. The van der Waals surface area contributed by atoms with Crippen LogP contribution >= 0.6 is 11.3 Å². The van der Waals surface area contributed by atoms with E-state index in [4.69, 9.17) is 4.74 Å². The molecule has 0 unspecified atom stereocenters. The van der Waals surface area contributed by atoms with Crippen LogP contribution in [-0.2, 0) is 0 Å². The van der Waals surface area contributed by atoms with Crippen molar-refractivity contribution >= 4 is 21.6 Å². The second-order valence-electron chi connectivity index (χ2n) is 4.38. The fourth-order valence-electron chi connectivity index (χ4n) is 1.98. The average Bonchev–Trinajstić information content (AvgIpc) is 2.81. The molecule has 2 aromatic carbocycles. The molecule has 96 valence electrons. The highest BCUT2D eigenvalue weighted by Gasteiger charge is 2.09. The van der Waals surface area contributed by atoms with Gasteiger partial charge in [-0.15, -0.1) is 11.3 Å². The van der Waals surface area contributed by atoms with E-state index in [0.29, 0.717) is 5.75 Å². The van der Waals surface area contributed by atoms with Crippen LogP contribution in [0.3, 0.4) is 0 Å². The molecule has 1 aromatic heterocycles. The standard InChI is InChI=1S/C15H13NO2S/c1-9-3-5-11-14(7-9)19-15(16-11)10-4-6-13(18-2)12(17)8-10/h3-8,17H,1-2H3. The number of hydrogen-bond acceptors (Lipinski definition) is 4. The summed E-state index contributed by atoms with van der Waals surface area (Å²) in [5, 5.41) is 10.7. The van der Waals surface area contributed by atoms with Gasteiger partial charge in [0, 0.05) is 5.56 Å². The summed E-state index contributed by atoms with van der Waals surface area (Å²) in [4.78, 5) is 4.59. The minimum absolute atomic E-state index is 0.135. The van der Waals surface area contributed by atoms with E-state index in [2.05, 4.69) is 24.0 Å². The fraction of sp³-hybridized carbons (Fsp3) is 0.133. The number of phenols is 1. The van der Waals surface area contributed by atoms with Crippen molar-refractivity contribution in [2.24, 2.45) is 0 Å². The molecule has 0 saturated carbocycles. The third-order valence-electron chi connectivity index (χ3n) is 2.97. The van der Waals surface area contributed by atoms with Gasteiger partial charge in [0.25, 0.3) is 0 Å². The summed E-state index contributed by atoms with van der Waals surface area (Å²) in [5.41, 5.74) is 3.11. The van der Waals surface area contributed by atoms with Crippen LogP contribution in [0.15, 0.2) is 36.4 Å². The van der Waals surface area contributed by atoms with E-state index in [1.807, 2.05) is 12.1 Å². The van der Waals surface area contributed by atoms with Crippen molar-refractivity contribution in [2.75, 3.05) is 7.11 Å². The first-order valence-corrected chi connectivity index (χ1v) is 6.73. The monoisotopic (exact) mass is 271 g/mol. The van der Waals surface area contributed by atoms with E-state index in [0.717, 1.165) is 20.8 Å². The minimum Gasteiger partial charge on any atom is -0.504 e. The van der Waals surface area contributed by atoms with Gasteiger partial charge in [0.1, 0.15) is 5.01 Å². The molecule has 4 heteroatoms. The third kappa shape index (κ3) is 2.15. The molecule has 1 N–H and O–H groups in total. The van der Waals surface area contributed by atoms with Gasteiger partial charge in [0.2, 0.25) is 0 Å². The molecule has 0 bridgehead atoms. The lowest BCUT2D eigenvalue weighted by molar-refractivity contribution is 0.373. The van der Waals surface area contributed by atoms with Gasteiger partial charge >= 0.3 is 0 Å². The minimum atomic E-state index is 0.135. The number of ether oxygens (including phenoxy) is 1. The highest BCUT2D eigenvalue weighted by molar-refractivity contribution is 7.21. The van der Waals surface area contributed by atoms with Gasteiger partial charge in [-0.3, -0.25) is 0 Å². The molecule has 0 radical (unpaired) electrons. The summed E-state index contributed by atoms with van der Waals surface area (Å²) in [5.74, 6) is 0.608. The van der Waals surface area contributed by atoms with E-state index < -0.39 is 0 Å². The van der Waals surface area contributed by atoms with Crippen molar-refractivity contribution in [1.29, 1.82) is 0 Å². The van der Waals surface area contributed by atoms with Crippen molar-refractivity contribution in [3.63, 3.8) is 0 Å². The first kappa shape index (κ1) is 12.0. The number of aryl methyl sites for hydroxylation is 1. The van der Waals surface area contributed by atoms with Crippen LogP contribution in [0.4, 0.5) is 0 Å². The average molecular weight is 271 g/mol. The molecule has 19 heavy (non-hydrogen) atoms. The third-order valence-corrected chi connectivity index (χ3v) is 4.04. The molecule has 0 aliphatic carbocycles. The molecule has 3 aromatic rings. The predicted molar refractivity (Wildman–Crippen MR) is 78.0 cm³/mol. The normalized spacial score (nSPS) is 10.8. The SMILES string of the molecule is COc1ccc(-c2nc3ccc(C)cc3s2)cc1O. The lowest BCUT2D eigenvalue weighted by Gasteiger charge is -2.03. The first-order valence-electron chi connectivity index (χ1n) is 5.92. The summed E-state index contributed by atoms with van der Waals surface area (Å²) in [6, 6.07) is 11.5. The second-order valence-corrected chi connectivity index (χ2v) is 5.41. The molecule has 0 atom stereocenters. The molecule has 0 fully saturated rings. The Bertz CT molecular complexity index is 749. The van der Waals surface area contributed by atoms with Gasteiger partial charge in [0.15, 0.2) is 11.5 Å². The zero-order valence-electron chi connectivity index (χ0n) is 10.7. The van der Waals surface area contributed by atoms with Crippen molar-refractivity contribution in [2.45, 2.75) is 6.92 Å². The fourth-order valence-corrected chi connectivity index (χ4v) is 3.04. The molecule has 1 heterocycles. The second kappa shape index (κ2) is 4.55. The summed E-state index contributed by atoms with van der Waals surface area (Å²) >= 11 is 1.62. The Kier molecular flexibility index (Phi) is 2.87. The zero-order valence-corrected chi connectivity index (χ0v) is 11.5. The van der Waals surface area contributed by atoms with Crippen LogP contribution in [0.1, 0.15) is 5.56 Å². The number of aromatic hydroxyl groups is 1. The van der Waals surface area contributed by atoms with Gasteiger partial charge in [-0.2, -0.15) is 0 Å². The lowest BCUT2D eigenvalue weighted by atomic mass is 10.2. The molecule has 3 rings (SSSR count). The Hall–Kier alpha value is -2.07. The van der Waals surface area contributed by atoms with E-state index in [1.54, 1.807) is 23.5 Å². The highest BCUT2D eigenvalue weighted by Crippen LogP contribution is 2.35. The van der Waals surface area contributed by atoms with Gasteiger partial charge in [-0.25, -0.2) is 4.98 Å². The van der Waals surface area contributed by atoms with Crippen LogP contribution in [0.5, 0.6) is 11.5 Å². The Morgan fingerprint density at radius 3 is 2.74 bits per heavy atom. The van der Waals surface area contributed by atoms with Gasteiger partial charge < -0.3 is 9.84 Å². The number of aromatic nitrogens is 1. The van der Waals surface area contributed by atoms with Crippen molar-refractivity contribution in [3.8, 4) is 22.1 Å². The molecule has 0 aliphatic rings. The lowest BCUT2D eigenvalue weighted by Crippen LogP contribution is -1.84. The van der Waals surface area contributed by atoms with Crippen molar-refractivity contribution in [1.82, 2.24) is 4.98 Å². The maximum atomic E-state index is 9.82. The van der Waals surface area contributed by atoms with Crippen LogP contribution < -0.4 is 4.74 Å². The highest BCUT2D eigenvalue weighted by atomic mass is 32.1. The molecule has 0 aliphatic heterocycles. The number of fused-ring (bicyclic) bond motifs is 1. The van der Waals surface area contributed by atoms with Gasteiger partial charge in [0.05, 0.1) is 17.3 Å². The van der Waals surface area contributed by atoms with Crippen LogP contribution in [0.2, 0.25) is 0 Å². The van der Waals surface area contributed by atoms with Gasteiger partial charge in [-0.05, 0) is 42.8 Å². The first-order chi connectivity index (χ1) is 9.17. The van der Waals surface area contributed by atoms with Crippen LogP contribution in [0.25, 0.3) is 20.8 Å². The van der Waals surface area contributed by atoms with Crippen LogP contribution in [0, 0.1) is 6.92 Å². The number of rotatable bonds is 2. The van der Waals surface area contributed by atoms with E-state index >= 15 is 0 Å². The topological polar surface area (TPSA) is 42.4 Å². The maximum absolute atomic E-state index is 9.82. The molecule has 0 spiro atoms. The van der Waals surface area contributed by atoms with E-state index in [1.165, 1.54) is 12.7 Å². The molecular weight excluding hydrogens is 258 g/mol. The number of methoxy groups -OCH3 is 1. The van der Waals surface area contributed by atoms with Crippen molar-refractivity contribution in [3.05, 3.63) is 42.0 Å². The summed E-state index contributed by atoms with van der Waals surface area (Å²) in [6.45, 7) is 2.07. The number of nitrogens with zero attached hydrogens (tertiary/aromatic N) is 1. The number of hydrogen-bond donors (Lipinski definition) is 1. The Labute approximate surface area is 115 Å². The number of benzene rings is 2. The van der Waals surface area contributed by atoms with Gasteiger partial charge in [-0.1, -0.05) is 6.07 Å². The van der Waals surface area contributed by atoms with E-state index in [-0.39, 0.29) is 5.75 Å². The summed E-state index contributed by atoms with van der Waals surface area (Å²) in [6.07, 6.45) is 0. The number of phenolic OH excluding ortho intramolecular Hbond substituents is 1. The Morgan fingerprint density at radius 1 is 1.16 bits per heavy atom. The summed E-state index contributed by atoms with van der Waals surface area (Å²) < 4.78 is 6.20. The number of thiazole rings is 1. The Morgan fingerprint density at radius 2 is 2.00 bits per heavy atom. The Balaban J connectivity index is 2.11. The molecule has 3 nitrogen and oxygen atoms in total. The maximum Gasteiger partial charge on any atom is 0.160 e. The quantitative estimate of drug-likeness (QED) is 0.766.